The molecule has 19 heavy (non-hydrogen) atoms. The van der Waals surface area contributed by atoms with E-state index in [1.165, 1.54) is 38.5 Å². The largest absolute Gasteiger partial charge is 0.366 e. The van der Waals surface area contributed by atoms with E-state index in [2.05, 4.69) is 27.7 Å². The second kappa shape index (κ2) is 3.57. The second-order valence-corrected chi connectivity index (χ2v) is 8.52. The highest BCUT2D eigenvalue weighted by Crippen LogP contribution is 2.62. The van der Waals surface area contributed by atoms with Crippen LogP contribution in [0.1, 0.15) is 66.2 Å². The first kappa shape index (κ1) is 12.6. The molecule has 4 fully saturated rings. The summed E-state index contributed by atoms with van der Waals surface area (Å²) in [6.45, 7) is 9.61. The average molecular weight is 264 g/mol. The maximum absolute atomic E-state index is 6.09. The first-order valence-corrected chi connectivity index (χ1v) is 8.22. The van der Waals surface area contributed by atoms with Gasteiger partial charge in [0.1, 0.15) is 0 Å². The number of epoxide rings is 2. The molecular weight excluding hydrogens is 236 g/mol. The van der Waals surface area contributed by atoms with Crippen LogP contribution < -0.4 is 0 Å². The van der Waals surface area contributed by atoms with Crippen LogP contribution in [-0.2, 0) is 9.47 Å². The average Bonchev–Trinajstić information content (AvgIpc) is 3.19. The summed E-state index contributed by atoms with van der Waals surface area (Å²) in [5, 5.41) is 0. The van der Waals surface area contributed by atoms with Gasteiger partial charge >= 0.3 is 0 Å². The SMILES string of the molecule is CC12CCCC(C(C)(C)C3CCCC4(C)OC34)C1O2. The topological polar surface area (TPSA) is 25.1 Å². The molecule has 0 aromatic heterocycles. The van der Waals surface area contributed by atoms with Gasteiger partial charge in [-0.1, -0.05) is 26.7 Å². The molecule has 4 rings (SSSR count). The molecule has 2 heterocycles. The van der Waals surface area contributed by atoms with Crippen LogP contribution in [0.2, 0.25) is 0 Å². The molecule has 6 atom stereocenters. The molecule has 2 saturated heterocycles. The van der Waals surface area contributed by atoms with Crippen LogP contribution in [0.3, 0.4) is 0 Å². The lowest BCUT2D eigenvalue weighted by molar-refractivity contribution is 0.0503. The first-order valence-electron chi connectivity index (χ1n) is 8.22. The van der Waals surface area contributed by atoms with E-state index >= 15 is 0 Å². The van der Waals surface area contributed by atoms with Crippen LogP contribution in [-0.4, -0.2) is 23.4 Å². The van der Waals surface area contributed by atoms with Crippen molar-refractivity contribution < 1.29 is 9.47 Å². The molecule has 0 radical (unpaired) electrons. The Hall–Kier alpha value is -0.0800. The van der Waals surface area contributed by atoms with E-state index in [0.717, 1.165) is 11.8 Å². The molecule has 6 unspecified atom stereocenters. The Balaban J connectivity index is 1.56. The van der Waals surface area contributed by atoms with Crippen LogP contribution in [0.15, 0.2) is 0 Å². The van der Waals surface area contributed by atoms with Crippen LogP contribution in [0.25, 0.3) is 0 Å². The summed E-state index contributed by atoms with van der Waals surface area (Å²) in [5.74, 6) is 1.48. The summed E-state index contributed by atoms with van der Waals surface area (Å²) in [6.07, 6.45) is 9.00. The Kier molecular flexibility index (Phi) is 2.37. The Morgan fingerprint density at radius 1 is 0.842 bits per heavy atom. The van der Waals surface area contributed by atoms with Crippen molar-refractivity contribution in [2.24, 2.45) is 17.3 Å². The van der Waals surface area contributed by atoms with Gasteiger partial charge in [0, 0.05) is 0 Å². The highest BCUT2D eigenvalue weighted by atomic mass is 16.6. The van der Waals surface area contributed by atoms with Gasteiger partial charge in [-0.25, -0.2) is 0 Å². The zero-order valence-electron chi connectivity index (χ0n) is 12.9. The van der Waals surface area contributed by atoms with Gasteiger partial charge < -0.3 is 9.47 Å². The fourth-order valence-corrected chi connectivity index (χ4v) is 5.38. The quantitative estimate of drug-likeness (QED) is 0.706. The van der Waals surface area contributed by atoms with Crippen LogP contribution in [0.4, 0.5) is 0 Å². The Morgan fingerprint density at radius 3 is 1.68 bits per heavy atom. The van der Waals surface area contributed by atoms with Crippen molar-refractivity contribution in [2.45, 2.75) is 89.6 Å². The molecule has 2 heteroatoms. The lowest BCUT2D eigenvalue weighted by atomic mass is 9.59. The number of fused-ring (bicyclic) bond motifs is 2. The maximum atomic E-state index is 6.09. The van der Waals surface area contributed by atoms with Crippen LogP contribution in [0.5, 0.6) is 0 Å². The molecule has 2 aliphatic heterocycles. The molecule has 0 amide bonds. The van der Waals surface area contributed by atoms with E-state index < -0.39 is 0 Å². The molecule has 0 aromatic carbocycles. The molecule has 108 valence electrons. The van der Waals surface area contributed by atoms with E-state index in [4.69, 9.17) is 9.47 Å². The van der Waals surface area contributed by atoms with Crippen molar-refractivity contribution in [1.29, 1.82) is 0 Å². The standard InChI is InChI=1S/C17H28O2/c1-15(2,11-7-5-9-16(3)13(11)18-16)12-8-6-10-17(4)14(12)19-17/h11-14H,5-10H2,1-4H3. The number of hydrogen-bond acceptors (Lipinski definition) is 2. The van der Waals surface area contributed by atoms with Crippen molar-refractivity contribution in [2.75, 3.05) is 0 Å². The Morgan fingerprint density at radius 2 is 1.26 bits per heavy atom. The fourth-order valence-electron chi connectivity index (χ4n) is 5.38. The first-order chi connectivity index (χ1) is 8.87. The van der Waals surface area contributed by atoms with Gasteiger partial charge in [0.25, 0.3) is 0 Å². The highest BCUT2D eigenvalue weighted by Gasteiger charge is 2.66. The third-order valence-corrected chi connectivity index (χ3v) is 6.90. The van der Waals surface area contributed by atoms with Crippen LogP contribution in [0, 0.1) is 17.3 Å². The molecule has 4 aliphatic rings. The van der Waals surface area contributed by atoms with Crippen molar-refractivity contribution in [3.63, 3.8) is 0 Å². The monoisotopic (exact) mass is 264 g/mol. The zero-order valence-corrected chi connectivity index (χ0v) is 12.9. The van der Waals surface area contributed by atoms with Gasteiger partial charge in [0.2, 0.25) is 0 Å². The van der Waals surface area contributed by atoms with Crippen LogP contribution >= 0.6 is 0 Å². The predicted molar refractivity (Wildman–Crippen MR) is 75.0 cm³/mol. The van der Waals surface area contributed by atoms with Crippen molar-refractivity contribution >= 4 is 0 Å². The molecule has 0 bridgehead atoms. The minimum Gasteiger partial charge on any atom is -0.366 e. The summed E-state index contributed by atoms with van der Waals surface area (Å²) < 4.78 is 12.2. The van der Waals surface area contributed by atoms with Gasteiger partial charge in [-0.3, -0.25) is 0 Å². The number of hydrogen-bond donors (Lipinski definition) is 0. The van der Waals surface area contributed by atoms with E-state index in [-0.39, 0.29) is 11.2 Å². The molecule has 2 nitrogen and oxygen atoms in total. The van der Waals surface area contributed by atoms with Gasteiger partial charge in [-0.2, -0.15) is 0 Å². The van der Waals surface area contributed by atoms with Gasteiger partial charge in [0.05, 0.1) is 23.4 Å². The zero-order chi connectivity index (χ0) is 13.5. The van der Waals surface area contributed by atoms with Crippen molar-refractivity contribution in [3.05, 3.63) is 0 Å². The predicted octanol–water partition coefficient (Wildman–Crippen LogP) is 3.93. The van der Waals surface area contributed by atoms with Crippen molar-refractivity contribution in [3.8, 4) is 0 Å². The third-order valence-electron chi connectivity index (χ3n) is 6.90. The number of ether oxygens (including phenoxy) is 2. The lowest BCUT2D eigenvalue weighted by Crippen LogP contribution is -2.44. The van der Waals surface area contributed by atoms with E-state index in [1.807, 2.05) is 0 Å². The minimum absolute atomic E-state index is 0.225. The summed E-state index contributed by atoms with van der Waals surface area (Å²) in [5.41, 5.74) is 0.816. The highest BCUT2D eigenvalue weighted by molar-refractivity contribution is 5.14. The molecular formula is C17H28O2. The van der Waals surface area contributed by atoms with Gasteiger partial charge in [-0.05, 0) is 56.8 Å². The summed E-state index contributed by atoms with van der Waals surface area (Å²) in [4.78, 5) is 0. The smallest absolute Gasteiger partial charge is 0.0923 e. The molecule has 2 saturated carbocycles. The second-order valence-electron chi connectivity index (χ2n) is 8.52. The van der Waals surface area contributed by atoms with Gasteiger partial charge in [0.15, 0.2) is 0 Å². The van der Waals surface area contributed by atoms with Gasteiger partial charge in [-0.15, -0.1) is 0 Å². The molecule has 0 spiro atoms. The minimum atomic E-state index is 0.225. The molecule has 0 aromatic rings. The van der Waals surface area contributed by atoms with E-state index in [1.54, 1.807) is 0 Å². The van der Waals surface area contributed by atoms with Crippen molar-refractivity contribution in [1.82, 2.24) is 0 Å². The summed E-state index contributed by atoms with van der Waals surface area (Å²) >= 11 is 0. The molecule has 0 N–H and O–H groups in total. The normalized spacial score (nSPS) is 56.2. The summed E-state index contributed by atoms with van der Waals surface area (Å²) in [6, 6.07) is 0. The van der Waals surface area contributed by atoms with E-state index in [9.17, 15) is 0 Å². The van der Waals surface area contributed by atoms with E-state index in [0.29, 0.717) is 17.6 Å². The fraction of sp³-hybridized carbons (Fsp3) is 1.00. The summed E-state index contributed by atoms with van der Waals surface area (Å²) in [7, 11) is 0. The third kappa shape index (κ3) is 1.68. The lowest BCUT2D eigenvalue weighted by Gasteiger charge is -2.44. The Bertz CT molecular complexity index is 368. The number of rotatable bonds is 2. The molecule has 2 aliphatic carbocycles. The maximum Gasteiger partial charge on any atom is 0.0923 e. The Labute approximate surface area is 117 Å².